The summed E-state index contributed by atoms with van der Waals surface area (Å²) in [5.74, 6) is 1.66. The van der Waals surface area contributed by atoms with E-state index >= 15 is 0 Å². The molecular weight excluding hydrogens is 284 g/mol. The molecule has 112 valence electrons. The number of rotatable bonds is 4. The molecule has 6 heteroatoms. The quantitative estimate of drug-likeness (QED) is 0.872. The second kappa shape index (κ2) is 6.39. The van der Waals surface area contributed by atoms with Gasteiger partial charge in [0, 0.05) is 30.9 Å². The molecule has 0 aliphatic carbocycles. The van der Waals surface area contributed by atoms with E-state index in [4.69, 9.17) is 0 Å². The van der Waals surface area contributed by atoms with Gasteiger partial charge in [0.05, 0.1) is 5.56 Å². The van der Waals surface area contributed by atoms with E-state index in [0.717, 1.165) is 50.3 Å². The molecule has 21 heavy (non-hydrogen) atoms. The van der Waals surface area contributed by atoms with Gasteiger partial charge in [-0.25, -0.2) is 0 Å². The van der Waals surface area contributed by atoms with Crippen molar-refractivity contribution in [1.82, 2.24) is 19.7 Å². The van der Waals surface area contributed by atoms with E-state index in [1.54, 1.807) is 11.3 Å². The normalized spacial score (nSPS) is 16.3. The number of thiophene rings is 1. The van der Waals surface area contributed by atoms with Crippen LogP contribution in [0.3, 0.4) is 0 Å². The molecule has 1 amide bonds. The summed E-state index contributed by atoms with van der Waals surface area (Å²) in [4.78, 5) is 14.3. The number of aryl methyl sites for hydroxylation is 1. The second-order valence-electron chi connectivity index (χ2n) is 5.46. The van der Waals surface area contributed by atoms with Gasteiger partial charge >= 0.3 is 0 Å². The highest BCUT2D eigenvalue weighted by Gasteiger charge is 2.27. The molecule has 1 aliphatic rings. The maximum atomic E-state index is 12.3. The summed E-state index contributed by atoms with van der Waals surface area (Å²) in [7, 11) is 0. The van der Waals surface area contributed by atoms with Crippen molar-refractivity contribution in [2.45, 2.75) is 38.6 Å². The monoisotopic (exact) mass is 304 g/mol. The molecule has 0 unspecified atom stereocenters. The molecule has 0 atom stereocenters. The van der Waals surface area contributed by atoms with Gasteiger partial charge in [-0.3, -0.25) is 4.79 Å². The first kappa shape index (κ1) is 14.3. The molecule has 2 aromatic rings. The molecule has 5 nitrogen and oxygen atoms in total. The fraction of sp³-hybridized carbons (Fsp3) is 0.533. The van der Waals surface area contributed by atoms with Crippen molar-refractivity contribution in [1.29, 1.82) is 0 Å². The van der Waals surface area contributed by atoms with Crippen molar-refractivity contribution < 1.29 is 4.79 Å². The maximum Gasteiger partial charge on any atom is 0.254 e. The molecule has 0 spiro atoms. The Morgan fingerprint density at radius 1 is 1.43 bits per heavy atom. The highest BCUT2D eigenvalue weighted by atomic mass is 32.1. The van der Waals surface area contributed by atoms with Gasteiger partial charge in [-0.15, -0.1) is 10.2 Å². The van der Waals surface area contributed by atoms with E-state index in [1.807, 2.05) is 28.1 Å². The van der Waals surface area contributed by atoms with Crippen LogP contribution in [0.4, 0.5) is 0 Å². The highest BCUT2D eigenvalue weighted by molar-refractivity contribution is 7.08. The predicted molar refractivity (Wildman–Crippen MR) is 82.5 cm³/mol. The van der Waals surface area contributed by atoms with Gasteiger partial charge < -0.3 is 9.47 Å². The topological polar surface area (TPSA) is 51.0 Å². The molecule has 3 rings (SSSR count). The lowest BCUT2D eigenvalue weighted by Crippen LogP contribution is -2.38. The van der Waals surface area contributed by atoms with Crippen molar-refractivity contribution >= 4 is 17.2 Å². The largest absolute Gasteiger partial charge is 0.339 e. The Balaban J connectivity index is 1.62. The number of amides is 1. The van der Waals surface area contributed by atoms with Crippen molar-refractivity contribution in [3.63, 3.8) is 0 Å². The summed E-state index contributed by atoms with van der Waals surface area (Å²) in [6.45, 7) is 4.74. The third-order valence-corrected chi connectivity index (χ3v) is 4.71. The molecule has 0 radical (unpaired) electrons. The Kier molecular flexibility index (Phi) is 4.34. The summed E-state index contributed by atoms with van der Waals surface area (Å²) in [5.41, 5.74) is 0.813. The molecule has 2 aromatic heterocycles. The van der Waals surface area contributed by atoms with E-state index in [1.165, 1.54) is 0 Å². The van der Waals surface area contributed by atoms with Gasteiger partial charge in [-0.05, 0) is 30.7 Å². The Hall–Kier alpha value is -1.69. The van der Waals surface area contributed by atoms with Crippen LogP contribution in [0.15, 0.2) is 23.2 Å². The van der Waals surface area contributed by atoms with Gasteiger partial charge in [-0.1, -0.05) is 6.92 Å². The Labute approximate surface area is 128 Å². The van der Waals surface area contributed by atoms with E-state index in [-0.39, 0.29) is 5.91 Å². The fourth-order valence-corrected chi connectivity index (χ4v) is 3.53. The summed E-state index contributed by atoms with van der Waals surface area (Å²) in [5, 5.41) is 12.2. The number of aromatic nitrogens is 3. The lowest BCUT2D eigenvalue weighted by atomic mass is 9.95. The standard InChI is InChI=1S/C15H20N4OS/c1-2-6-19-11-16-17-14(19)12-3-7-18(8-4-12)15(20)13-5-9-21-10-13/h5,9-12H,2-4,6-8H2,1H3. The van der Waals surface area contributed by atoms with Crippen molar-refractivity contribution in [3.8, 4) is 0 Å². The smallest absolute Gasteiger partial charge is 0.254 e. The van der Waals surface area contributed by atoms with Crippen LogP contribution in [0, 0.1) is 0 Å². The summed E-state index contributed by atoms with van der Waals surface area (Å²) < 4.78 is 2.15. The van der Waals surface area contributed by atoms with Crippen LogP contribution in [0.1, 0.15) is 48.3 Å². The SMILES string of the molecule is CCCn1cnnc1C1CCN(C(=O)c2ccsc2)CC1. The minimum atomic E-state index is 0.157. The number of hydrogen-bond acceptors (Lipinski definition) is 4. The zero-order valence-electron chi connectivity index (χ0n) is 12.2. The number of hydrogen-bond donors (Lipinski definition) is 0. The Morgan fingerprint density at radius 3 is 2.90 bits per heavy atom. The van der Waals surface area contributed by atoms with Crippen LogP contribution in [0.25, 0.3) is 0 Å². The second-order valence-corrected chi connectivity index (χ2v) is 6.24. The predicted octanol–water partition coefficient (Wildman–Crippen LogP) is 2.77. The third kappa shape index (κ3) is 3.00. The van der Waals surface area contributed by atoms with Gasteiger partial charge in [0.15, 0.2) is 0 Å². The minimum Gasteiger partial charge on any atom is -0.339 e. The zero-order chi connectivity index (χ0) is 14.7. The molecule has 0 aromatic carbocycles. The van der Waals surface area contributed by atoms with Crippen molar-refractivity contribution in [3.05, 3.63) is 34.5 Å². The van der Waals surface area contributed by atoms with Crippen LogP contribution in [0.5, 0.6) is 0 Å². The van der Waals surface area contributed by atoms with Crippen LogP contribution in [-0.4, -0.2) is 38.7 Å². The highest BCUT2D eigenvalue weighted by Crippen LogP contribution is 2.27. The van der Waals surface area contributed by atoms with Gasteiger partial charge in [0.25, 0.3) is 5.91 Å². The summed E-state index contributed by atoms with van der Waals surface area (Å²) in [6.07, 6.45) is 4.85. The number of piperidine rings is 1. The van der Waals surface area contributed by atoms with Crippen LogP contribution >= 0.6 is 11.3 Å². The first-order chi connectivity index (χ1) is 10.3. The van der Waals surface area contributed by atoms with E-state index < -0.39 is 0 Å². The number of carbonyl (C=O) groups excluding carboxylic acids is 1. The maximum absolute atomic E-state index is 12.3. The summed E-state index contributed by atoms with van der Waals surface area (Å²) >= 11 is 1.57. The van der Waals surface area contributed by atoms with Crippen LogP contribution in [0.2, 0.25) is 0 Å². The number of nitrogens with zero attached hydrogens (tertiary/aromatic N) is 4. The molecule has 0 bridgehead atoms. The van der Waals surface area contributed by atoms with Crippen molar-refractivity contribution in [2.24, 2.45) is 0 Å². The first-order valence-electron chi connectivity index (χ1n) is 7.48. The molecular formula is C15H20N4OS. The zero-order valence-corrected chi connectivity index (χ0v) is 13.1. The molecule has 0 N–H and O–H groups in total. The van der Waals surface area contributed by atoms with E-state index in [2.05, 4.69) is 21.7 Å². The summed E-state index contributed by atoms with van der Waals surface area (Å²) in [6, 6.07) is 1.90. The van der Waals surface area contributed by atoms with E-state index in [9.17, 15) is 4.79 Å². The molecule has 1 saturated heterocycles. The Bertz CT molecular complexity index is 585. The fourth-order valence-electron chi connectivity index (χ4n) is 2.90. The van der Waals surface area contributed by atoms with Gasteiger partial charge in [0.1, 0.15) is 12.2 Å². The van der Waals surface area contributed by atoms with Crippen molar-refractivity contribution in [2.75, 3.05) is 13.1 Å². The van der Waals surface area contributed by atoms with E-state index in [0.29, 0.717) is 5.92 Å². The average molecular weight is 304 g/mol. The number of likely N-dealkylation sites (tertiary alicyclic amines) is 1. The first-order valence-corrected chi connectivity index (χ1v) is 8.43. The molecule has 3 heterocycles. The van der Waals surface area contributed by atoms with Crippen LogP contribution in [-0.2, 0) is 6.54 Å². The molecule has 1 fully saturated rings. The van der Waals surface area contributed by atoms with Gasteiger partial charge in [-0.2, -0.15) is 11.3 Å². The number of carbonyl (C=O) groups is 1. The lowest BCUT2D eigenvalue weighted by Gasteiger charge is -2.31. The van der Waals surface area contributed by atoms with Crippen LogP contribution < -0.4 is 0 Å². The Morgan fingerprint density at radius 2 is 2.24 bits per heavy atom. The molecule has 1 aliphatic heterocycles. The molecule has 0 saturated carbocycles. The van der Waals surface area contributed by atoms with Gasteiger partial charge in [0.2, 0.25) is 0 Å². The minimum absolute atomic E-state index is 0.157. The lowest BCUT2D eigenvalue weighted by molar-refractivity contribution is 0.0711. The average Bonchev–Trinajstić information content (AvgIpc) is 3.19. The third-order valence-electron chi connectivity index (χ3n) is 4.03.